The molecule has 0 amide bonds. The lowest BCUT2D eigenvalue weighted by Crippen LogP contribution is -2.00. The second kappa shape index (κ2) is 7.36. The quantitative estimate of drug-likeness (QED) is 0.525. The summed E-state index contributed by atoms with van der Waals surface area (Å²) in [4.78, 5) is 15.7. The van der Waals surface area contributed by atoms with Gasteiger partial charge in [-0.15, -0.1) is 0 Å². The number of benzene rings is 1. The minimum absolute atomic E-state index is 0.158. The molecule has 0 spiro atoms. The molecule has 0 atom stereocenters. The molecule has 0 aliphatic carbocycles. The second-order valence-corrected chi connectivity index (χ2v) is 5.59. The van der Waals surface area contributed by atoms with E-state index in [4.69, 9.17) is 0 Å². The summed E-state index contributed by atoms with van der Waals surface area (Å²) >= 11 is 0. The van der Waals surface area contributed by atoms with E-state index >= 15 is 0 Å². The molecule has 0 aliphatic heterocycles. The number of hydrogen-bond donors (Lipinski definition) is 0. The summed E-state index contributed by atoms with van der Waals surface area (Å²) < 4.78 is 0. The van der Waals surface area contributed by atoms with Gasteiger partial charge in [-0.2, -0.15) is 0 Å². The number of hydrogen-bond acceptors (Lipinski definition) is 3. The Morgan fingerprint density at radius 1 is 1.17 bits per heavy atom. The fraction of sp³-hybridized carbons (Fsp3) is 0.421. The first-order valence-corrected chi connectivity index (χ1v) is 8.35. The molecule has 0 saturated heterocycles. The molecular weight excluding hydrogens is 288 g/mol. The summed E-state index contributed by atoms with van der Waals surface area (Å²) in [5.41, 5.74) is 4.41. The summed E-state index contributed by atoms with van der Waals surface area (Å²) in [6.07, 6.45) is 7.45. The number of allylic oxidation sites excluding steroid dienone is 2. The van der Waals surface area contributed by atoms with Gasteiger partial charge in [-0.3, -0.25) is 15.1 Å². The van der Waals surface area contributed by atoms with Crippen molar-refractivity contribution >= 4 is 22.0 Å². The van der Waals surface area contributed by atoms with Gasteiger partial charge in [-0.1, -0.05) is 33.8 Å². The van der Waals surface area contributed by atoms with Gasteiger partial charge in [-0.25, -0.2) is 0 Å². The van der Waals surface area contributed by atoms with Crippen LogP contribution in [0.3, 0.4) is 0 Å². The van der Waals surface area contributed by atoms with Crippen LogP contribution in [0.1, 0.15) is 57.4 Å². The average molecular weight is 312 g/mol. The number of pyridine rings is 1. The predicted octanol–water partition coefficient (Wildman–Crippen LogP) is 5.47. The number of aromatic nitrogens is 1. The fourth-order valence-electron chi connectivity index (χ4n) is 3.16. The van der Waals surface area contributed by atoms with Crippen LogP contribution < -0.4 is 0 Å². The molecule has 0 fully saturated rings. The molecule has 2 rings (SSSR count). The minimum atomic E-state index is -0.298. The molecule has 2 aromatic rings. The molecule has 23 heavy (non-hydrogen) atoms. The van der Waals surface area contributed by atoms with E-state index in [1.165, 1.54) is 0 Å². The van der Waals surface area contributed by atoms with Crippen molar-refractivity contribution in [1.82, 2.24) is 4.98 Å². The van der Waals surface area contributed by atoms with Crippen LogP contribution in [0.25, 0.3) is 16.3 Å². The zero-order valence-electron chi connectivity index (χ0n) is 14.3. The van der Waals surface area contributed by atoms with Gasteiger partial charge < -0.3 is 0 Å². The van der Waals surface area contributed by atoms with Crippen LogP contribution in [0.4, 0.5) is 5.69 Å². The van der Waals surface area contributed by atoms with Crippen LogP contribution in [0, 0.1) is 10.1 Å². The van der Waals surface area contributed by atoms with E-state index in [0.29, 0.717) is 0 Å². The predicted molar refractivity (Wildman–Crippen MR) is 95.7 cm³/mol. The van der Waals surface area contributed by atoms with Crippen molar-refractivity contribution < 1.29 is 4.92 Å². The van der Waals surface area contributed by atoms with Crippen LogP contribution in [-0.4, -0.2) is 9.91 Å². The third-order valence-electron chi connectivity index (χ3n) is 4.26. The van der Waals surface area contributed by atoms with Crippen LogP contribution in [0.15, 0.2) is 24.4 Å². The highest BCUT2D eigenvalue weighted by molar-refractivity contribution is 5.97. The molecule has 0 unspecified atom stereocenters. The van der Waals surface area contributed by atoms with Gasteiger partial charge in [0, 0.05) is 29.4 Å². The van der Waals surface area contributed by atoms with Crippen molar-refractivity contribution in [2.24, 2.45) is 0 Å². The average Bonchev–Trinajstić information content (AvgIpc) is 2.57. The standard InChI is InChI=1S/C19H24N2O2/c1-5-9-13(6-2)16-10-14(21(22)23)11-17-15(7-3)19(8-4)20-12-18(16)17/h9-12H,5-8H2,1-4H3/b13-9+. The maximum absolute atomic E-state index is 11.4. The Morgan fingerprint density at radius 3 is 2.43 bits per heavy atom. The van der Waals surface area contributed by atoms with Crippen molar-refractivity contribution in [3.05, 3.63) is 51.3 Å². The molecule has 1 heterocycles. The van der Waals surface area contributed by atoms with E-state index in [0.717, 1.165) is 58.8 Å². The highest BCUT2D eigenvalue weighted by Crippen LogP contribution is 2.34. The Bertz CT molecular complexity index is 764. The third kappa shape index (κ3) is 3.26. The van der Waals surface area contributed by atoms with Gasteiger partial charge in [0.25, 0.3) is 5.69 Å². The van der Waals surface area contributed by atoms with Crippen molar-refractivity contribution in [1.29, 1.82) is 0 Å². The van der Waals surface area contributed by atoms with Gasteiger partial charge >= 0.3 is 0 Å². The lowest BCUT2D eigenvalue weighted by Gasteiger charge is -2.14. The number of nitro groups is 1. The van der Waals surface area contributed by atoms with Gasteiger partial charge in [0.2, 0.25) is 0 Å². The van der Waals surface area contributed by atoms with Crippen molar-refractivity contribution in [2.45, 2.75) is 53.4 Å². The molecule has 4 heteroatoms. The van der Waals surface area contributed by atoms with Crippen molar-refractivity contribution in [2.75, 3.05) is 0 Å². The van der Waals surface area contributed by atoms with Crippen molar-refractivity contribution in [3.8, 4) is 0 Å². The third-order valence-corrected chi connectivity index (χ3v) is 4.26. The molecule has 0 saturated carbocycles. The van der Waals surface area contributed by atoms with E-state index in [1.807, 2.05) is 6.20 Å². The maximum Gasteiger partial charge on any atom is 0.270 e. The van der Waals surface area contributed by atoms with E-state index < -0.39 is 0 Å². The van der Waals surface area contributed by atoms with Crippen molar-refractivity contribution in [3.63, 3.8) is 0 Å². The molecule has 0 aliphatic rings. The molecule has 1 aromatic carbocycles. The van der Waals surface area contributed by atoms with Crippen LogP contribution in [-0.2, 0) is 12.8 Å². The van der Waals surface area contributed by atoms with Gasteiger partial charge in [-0.05, 0) is 47.8 Å². The molecular formula is C19H24N2O2. The Balaban J connectivity index is 2.90. The van der Waals surface area contributed by atoms with E-state index in [2.05, 4.69) is 38.8 Å². The summed E-state index contributed by atoms with van der Waals surface area (Å²) in [6, 6.07) is 3.40. The summed E-state index contributed by atoms with van der Waals surface area (Å²) in [7, 11) is 0. The van der Waals surface area contributed by atoms with E-state index in [9.17, 15) is 10.1 Å². The molecule has 122 valence electrons. The zero-order chi connectivity index (χ0) is 17.0. The SMILES string of the molecule is CC/C=C(\CC)c1cc([N+](=O)[O-])cc2c(CC)c(CC)ncc12. The highest BCUT2D eigenvalue weighted by atomic mass is 16.6. The monoisotopic (exact) mass is 312 g/mol. The smallest absolute Gasteiger partial charge is 0.260 e. The lowest BCUT2D eigenvalue weighted by molar-refractivity contribution is -0.384. The largest absolute Gasteiger partial charge is 0.270 e. The second-order valence-electron chi connectivity index (χ2n) is 5.59. The Labute approximate surface area is 137 Å². The molecule has 1 aromatic heterocycles. The Morgan fingerprint density at radius 2 is 1.91 bits per heavy atom. The van der Waals surface area contributed by atoms with Gasteiger partial charge in [0.1, 0.15) is 0 Å². The topological polar surface area (TPSA) is 56.0 Å². The van der Waals surface area contributed by atoms with Gasteiger partial charge in [0.15, 0.2) is 0 Å². The highest BCUT2D eigenvalue weighted by Gasteiger charge is 2.17. The Kier molecular flexibility index (Phi) is 5.48. The number of rotatable bonds is 6. The lowest BCUT2D eigenvalue weighted by atomic mass is 9.92. The summed E-state index contributed by atoms with van der Waals surface area (Å²) in [6.45, 7) is 8.32. The van der Waals surface area contributed by atoms with Crippen LogP contribution >= 0.6 is 0 Å². The number of aryl methyl sites for hydroxylation is 2. The maximum atomic E-state index is 11.4. The number of nitrogens with zero attached hydrogens (tertiary/aromatic N) is 2. The number of non-ortho nitro benzene ring substituents is 1. The number of fused-ring (bicyclic) bond motifs is 1. The minimum Gasteiger partial charge on any atom is -0.260 e. The fourth-order valence-corrected chi connectivity index (χ4v) is 3.16. The summed E-state index contributed by atoms with van der Waals surface area (Å²) in [5.74, 6) is 0. The molecule has 4 nitrogen and oxygen atoms in total. The number of nitro benzene ring substituents is 1. The molecule has 0 N–H and O–H groups in total. The van der Waals surface area contributed by atoms with E-state index in [1.54, 1.807) is 12.1 Å². The molecule has 0 bridgehead atoms. The van der Waals surface area contributed by atoms with Gasteiger partial charge in [0.05, 0.1) is 4.92 Å². The first-order chi connectivity index (χ1) is 11.1. The van der Waals surface area contributed by atoms with E-state index in [-0.39, 0.29) is 10.6 Å². The first-order valence-electron chi connectivity index (χ1n) is 8.35. The molecule has 0 radical (unpaired) electrons. The Hall–Kier alpha value is -2.23. The van der Waals surface area contributed by atoms with Crippen LogP contribution in [0.2, 0.25) is 0 Å². The zero-order valence-corrected chi connectivity index (χ0v) is 14.3. The summed E-state index contributed by atoms with van der Waals surface area (Å²) in [5, 5.41) is 13.4. The normalized spacial score (nSPS) is 11.9. The first kappa shape index (κ1) is 17.1. The van der Waals surface area contributed by atoms with Crippen LogP contribution in [0.5, 0.6) is 0 Å².